The maximum absolute atomic E-state index is 10.8. The number of primary amides is 1. The summed E-state index contributed by atoms with van der Waals surface area (Å²) >= 11 is 0. The Balaban J connectivity index is 2.78. The van der Waals surface area contributed by atoms with Crippen molar-refractivity contribution in [2.45, 2.75) is 12.5 Å². The largest absolute Gasteiger partial charge is 0.481 e. The highest BCUT2D eigenvalue weighted by atomic mass is 16.5. The minimum Gasteiger partial charge on any atom is -0.481 e. The monoisotopic (exact) mass is 209 g/mol. The molecule has 0 aliphatic carbocycles. The van der Waals surface area contributed by atoms with E-state index in [1.807, 2.05) is 6.07 Å². The van der Waals surface area contributed by atoms with E-state index in [1.54, 1.807) is 26.4 Å². The Labute approximate surface area is 88.6 Å². The van der Waals surface area contributed by atoms with Gasteiger partial charge in [0.15, 0.2) is 0 Å². The van der Waals surface area contributed by atoms with Crippen molar-refractivity contribution in [2.24, 2.45) is 5.73 Å². The molecule has 1 rings (SSSR count). The lowest BCUT2D eigenvalue weighted by Gasteiger charge is -2.14. The average Bonchev–Trinajstić information content (AvgIpc) is 2.26. The second-order valence-corrected chi connectivity index (χ2v) is 3.15. The van der Waals surface area contributed by atoms with E-state index in [4.69, 9.17) is 10.5 Å². The Morgan fingerprint density at radius 1 is 1.67 bits per heavy atom. The molecule has 0 fully saturated rings. The van der Waals surface area contributed by atoms with Crippen LogP contribution >= 0.6 is 0 Å². The van der Waals surface area contributed by atoms with Gasteiger partial charge in [0.25, 0.3) is 0 Å². The average molecular weight is 209 g/mol. The lowest BCUT2D eigenvalue weighted by atomic mass is 10.1. The first-order valence-electron chi connectivity index (χ1n) is 4.63. The zero-order valence-electron chi connectivity index (χ0n) is 8.86. The number of nitrogens with one attached hydrogen (secondary N) is 1. The summed E-state index contributed by atoms with van der Waals surface area (Å²) in [5, 5.41) is 3.01. The van der Waals surface area contributed by atoms with Crippen molar-refractivity contribution in [3.63, 3.8) is 0 Å². The first-order valence-corrected chi connectivity index (χ1v) is 4.63. The number of aromatic nitrogens is 1. The van der Waals surface area contributed by atoms with Gasteiger partial charge in [-0.05, 0) is 12.6 Å². The Morgan fingerprint density at radius 2 is 2.40 bits per heavy atom. The lowest BCUT2D eigenvalue weighted by Crippen LogP contribution is -2.23. The minimum atomic E-state index is -0.342. The molecule has 15 heavy (non-hydrogen) atoms. The number of carbonyl (C=O) groups is 1. The lowest BCUT2D eigenvalue weighted by molar-refractivity contribution is -0.118. The standard InChI is InChI=1S/C10H15N3O2/c1-12-8(5-9(11)14)7-3-4-10(15-2)13-6-7/h3-4,6,8,12H,5H2,1-2H3,(H2,11,14)/t8-/m1/s1. The van der Waals surface area contributed by atoms with Crippen LogP contribution in [0.5, 0.6) is 5.88 Å². The third kappa shape index (κ3) is 3.21. The Kier molecular flexibility index (Phi) is 4.05. The van der Waals surface area contributed by atoms with Gasteiger partial charge in [0, 0.05) is 24.7 Å². The fourth-order valence-electron chi connectivity index (χ4n) is 1.31. The van der Waals surface area contributed by atoms with Crippen LogP contribution in [0.1, 0.15) is 18.0 Å². The summed E-state index contributed by atoms with van der Waals surface area (Å²) in [5.74, 6) is 0.206. The van der Waals surface area contributed by atoms with Gasteiger partial charge in [0.05, 0.1) is 7.11 Å². The normalized spacial score (nSPS) is 12.1. The quantitative estimate of drug-likeness (QED) is 0.727. The predicted molar refractivity (Wildman–Crippen MR) is 56.4 cm³/mol. The second kappa shape index (κ2) is 5.31. The van der Waals surface area contributed by atoms with E-state index in [9.17, 15) is 4.79 Å². The predicted octanol–water partition coefficient (Wildman–Crippen LogP) is 0.226. The molecule has 0 saturated carbocycles. The SMILES string of the molecule is CN[C@H](CC(N)=O)c1ccc(OC)nc1. The minimum absolute atomic E-state index is 0.0964. The van der Waals surface area contributed by atoms with Crippen LogP contribution in [0.4, 0.5) is 0 Å². The Hall–Kier alpha value is -1.62. The highest BCUT2D eigenvalue weighted by Gasteiger charge is 2.12. The molecule has 5 heteroatoms. The van der Waals surface area contributed by atoms with Crippen LogP contribution in [0.15, 0.2) is 18.3 Å². The molecular formula is C10H15N3O2. The van der Waals surface area contributed by atoms with Gasteiger partial charge < -0.3 is 15.8 Å². The van der Waals surface area contributed by atoms with Crippen LogP contribution in [0, 0.1) is 0 Å². The van der Waals surface area contributed by atoms with E-state index in [0.29, 0.717) is 5.88 Å². The van der Waals surface area contributed by atoms with Gasteiger partial charge in [0.2, 0.25) is 11.8 Å². The van der Waals surface area contributed by atoms with Crippen molar-refractivity contribution in [3.8, 4) is 5.88 Å². The van der Waals surface area contributed by atoms with Crippen molar-refractivity contribution in [1.29, 1.82) is 0 Å². The zero-order valence-corrected chi connectivity index (χ0v) is 8.86. The fraction of sp³-hybridized carbons (Fsp3) is 0.400. The molecule has 1 atom stereocenters. The first-order chi connectivity index (χ1) is 7.17. The van der Waals surface area contributed by atoms with E-state index >= 15 is 0 Å². The molecule has 1 amide bonds. The molecule has 0 spiro atoms. The van der Waals surface area contributed by atoms with E-state index < -0.39 is 0 Å². The fourth-order valence-corrected chi connectivity index (χ4v) is 1.31. The molecule has 0 unspecified atom stereocenters. The molecule has 0 aromatic carbocycles. The number of hydrogen-bond donors (Lipinski definition) is 2. The number of nitrogens with zero attached hydrogens (tertiary/aromatic N) is 1. The topological polar surface area (TPSA) is 77.2 Å². The molecule has 3 N–H and O–H groups in total. The van der Waals surface area contributed by atoms with Crippen molar-refractivity contribution in [1.82, 2.24) is 10.3 Å². The third-order valence-electron chi connectivity index (χ3n) is 2.12. The summed E-state index contributed by atoms with van der Waals surface area (Å²) in [5.41, 5.74) is 6.05. The Morgan fingerprint density at radius 3 is 2.80 bits per heavy atom. The number of carbonyl (C=O) groups excluding carboxylic acids is 1. The molecule has 0 bridgehead atoms. The summed E-state index contributed by atoms with van der Waals surface area (Å²) in [7, 11) is 3.33. The number of nitrogens with two attached hydrogens (primary N) is 1. The van der Waals surface area contributed by atoms with Crippen LogP contribution in [0.2, 0.25) is 0 Å². The van der Waals surface area contributed by atoms with Gasteiger partial charge in [0.1, 0.15) is 0 Å². The van der Waals surface area contributed by atoms with Crippen molar-refractivity contribution < 1.29 is 9.53 Å². The molecule has 82 valence electrons. The first kappa shape index (κ1) is 11.5. The molecule has 0 aliphatic heterocycles. The van der Waals surface area contributed by atoms with Crippen molar-refractivity contribution in [3.05, 3.63) is 23.9 Å². The molecule has 0 aliphatic rings. The number of rotatable bonds is 5. The van der Waals surface area contributed by atoms with Gasteiger partial charge >= 0.3 is 0 Å². The summed E-state index contributed by atoms with van der Waals surface area (Å²) in [6, 6.07) is 3.51. The van der Waals surface area contributed by atoms with Gasteiger partial charge in [-0.25, -0.2) is 4.98 Å². The Bertz CT molecular complexity index is 324. The van der Waals surface area contributed by atoms with E-state index in [2.05, 4.69) is 10.3 Å². The smallest absolute Gasteiger partial charge is 0.219 e. The molecule has 1 aromatic heterocycles. The summed E-state index contributed by atoms with van der Waals surface area (Å²) in [6.07, 6.45) is 1.92. The maximum atomic E-state index is 10.8. The summed E-state index contributed by atoms with van der Waals surface area (Å²) < 4.78 is 4.94. The molecule has 5 nitrogen and oxygen atoms in total. The van der Waals surface area contributed by atoms with Gasteiger partial charge in [-0.1, -0.05) is 6.07 Å². The van der Waals surface area contributed by atoms with E-state index in [1.165, 1.54) is 0 Å². The highest BCUT2D eigenvalue weighted by Crippen LogP contribution is 2.17. The molecule has 1 aromatic rings. The van der Waals surface area contributed by atoms with Gasteiger partial charge in [-0.2, -0.15) is 0 Å². The van der Waals surface area contributed by atoms with Gasteiger partial charge in [-0.3, -0.25) is 4.79 Å². The highest BCUT2D eigenvalue weighted by molar-refractivity contribution is 5.74. The van der Waals surface area contributed by atoms with E-state index in [-0.39, 0.29) is 18.4 Å². The molecule has 0 radical (unpaired) electrons. The summed E-state index contributed by atoms with van der Waals surface area (Å²) in [6.45, 7) is 0. The third-order valence-corrected chi connectivity index (χ3v) is 2.12. The van der Waals surface area contributed by atoms with Crippen LogP contribution < -0.4 is 15.8 Å². The van der Waals surface area contributed by atoms with Gasteiger partial charge in [-0.15, -0.1) is 0 Å². The molecule has 1 heterocycles. The zero-order chi connectivity index (χ0) is 11.3. The van der Waals surface area contributed by atoms with E-state index in [0.717, 1.165) is 5.56 Å². The number of methoxy groups -OCH3 is 1. The second-order valence-electron chi connectivity index (χ2n) is 3.15. The number of amides is 1. The maximum Gasteiger partial charge on any atom is 0.219 e. The number of ether oxygens (including phenoxy) is 1. The molecule has 0 saturated heterocycles. The van der Waals surface area contributed by atoms with Crippen LogP contribution in [0.3, 0.4) is 0 Å². The van der Waals surface area contributed by atoms with Crippen LogP contribution in [-0.4, -0.2) is 25.0 Å². The van der Waals surface area contributed by atoms with Crippen molar-refractivity contribution in [2.75, 3.05) is 14.2 Å². The van der Waals surface area contributed by atoms with Crippen molar-refractivity contribution >= 4 is 5.91 Å². The van der Waals surface area contributed by atoms with Crippen LogP contribution in [-0.2, 0) is 4.79 Å². The summed E-state index contributed by atoms with van der Waals surface area (Å²) in [4.78, 5) is 14.9. The molecular weight excluding hydrogens is 194 g/mol. The number of pyridine rings is 1. The number of hydrogen-bond acceptors (Lipinski definition) is 4. The van der Waals surface area contributed by atoms with Crippen LogP contribution in [0.25, 0.3) is 0 Å².